The minimum atomic E-state index is -3.89. The van der Waals surface area contributed by atoms with Crippen LogP contribution in [0.15, 0.2) is 71.6 Å². The maximum Gasteiger partial charge on any atom is 0.259 e. The first-order chi connectivity index (χ1) is 14.4. The summed E-state index contributed by atoms with van der Waals surface area (Å²) in [6.07, 6.45) is 0. The Morgan fingerprint density at radius 1 is 0.935 bits per heavy atom. The molecule has 5 N–H and O–H groups in total. The number of nitrogens with two attached hydrogens (primary N) is 2. The highest BCUT2D eigenvalue weighted by molar-refractivity contribution is 7.89. The van der Waals surface area contributed by atoms with Gasteiger partial charge >= 0.3 is 0 Å². The summed E-state index contributed by atoms with van der Waals surface area (Å²) in [5, 5.41) is 7.88. The van der Waals surface area contributed by atoms with E-state index in [1.54, 1.807) is 36.4 Å². The van der Waals surface area contributed by atoms with Crippen molar-refractivity contribution in [3.05, 3.63) is 77.9 Å². The molecular formula is C23H25N3O4S. The van der Waals surface area contributed by atoms with Gasteiger partial charge in [0, 0.05) is 5.69 Å². The monoisotopic (exact) mass is 439 g/mol. The Morgan fingerprint density at radius 3 is 2.29 bits per heavy atom. The SMILES string of the molecule is CC(C)(C)c1ccc(C(=O)Nc2cccc(S(N)(=O)=O)c2)c(Oc2ccccc2N)c1. The summed E-state index contributed by atoms with van der Waals surface area (Å²) in [5.74, 6) is 0.306. The zero-order valence-electron chi connectivity index (χ0n) is 17.5. The molecular weight excluding hydrogens is 414 g/mol. The van der Waals surface area contributed by atoms with Crippen molar-refractivity contribution in [1.82, 2.24) is 0 Å². The number of benzene rings is 3. The van der Waals surface area contributed by atoms with Gasteiger partial charge in [-0.15, -0.1) is 0 Å². The Labute approximate surface area is 182 Å². The van der Waals surface area contributed by atoms with E-state index < -0.39 is 15.9 Å². The van der Waals surface area contributed by atoms with E-state index >= 15 is 0 Å². The number of amides is 1. The number of primary sulfonamides is 1. The number of carbonyl (C=O) groups excluding carboxylic acids is 1. The zero-order valence-corrected chi connectivity index (χ0v) is 18.4. The summed E-state index contributed by atoms with van der Waals surface area (Å²) in [5.41, 5.74) is 7.82. The van der Waals surface area contributed by atoms with E-state index in [0.717, 1.165) is 5.56 Å². The lowest BCUT2D eigenvalue weighted by Crippen LogP contribution is -2.17. The summed E-state index contributed by atoms with van der Waals surface area (Å²) < 4.78 is 29.2. The maximum absolute atomic E-state index is 13.0. The van der Waals surface area contributed by atoms with Gasteiger partial charge in [-0.1, -0.05) is 45.0 Å². The predicted molar refractivity (Wildman–Crippen MR) is 122 cm³/mol. The molecule has 0 aromatic heterocycles. The van der Waals surface area contributed by atoms with Crippen molar-refractivity contribution in [2.45, 2.75) is 31.1 Å². The number of hydrogen-bond donors (Lipinski definition) is 3. The molecule has 0 radical (unpaired) electrons. The molecule has 0 saturated carbocycles. The normalized spacial score (nSPS) is 11.7. The summed E-state index contributed by atoms with van der Waals surface area (Å²) in [7, 11) is -3.89. The molecule has 7 nitrogen and oxygen atoms in total. The van der Waals surface area contributed by atoms with Crippen LogP contribution in [0.3, 0.4) is 0 Å². The smallest absolute Gasteiger partial charge is 0.259 e. The van der Waals surface area contributed by atoms with Gasteiger partial charge in [-0.25, -0.2) is 13.6 Å². The van der Waals surface area contributed by atoms with Gasteiger partial charge in [0.1, 0.15) is 11.5 Å². The van der Waals surface area contributed by atoms with Crippen molar-refractivity contribution >= 4 is 27.3 Å². The first kappa shape index (κ1) is 22.3. The van der Waals surface area contributed by atoms with Crippen LogP contribution in [-0.4, -0.2) is 14.3 Å². The lowest BCUT2D eigenvalue weighted by atomic mass is 9.86. The molecule has 8 heteroatoms. The van der Waals surface area contributed by atoms with Gasteiger partial charge in [-0.3, -0.25) is 4.79 Å². The molecule has 0 aliphatic rings. The van der Waals surface area contributed by atoms with Crippen LogP contribution in [0, 0.1) is 0 Å². The highest BCUT2D eigenvalue weighted by Gasteiger charge is 2.20. The first-order valence-electron chi connectivity index (χ1n) is 9.56. The van der Waals surface area contributed by atoms with Crippen molar-refractivity contribution in [3.63, 3.8) is 0 Å². The lowest BCUT2D eigenvalue weighted by molar-refractivity contribution is 0.102. The van der Waals surface area contributed by atoms with Gasteiger partial charge in [-0.05, 0) is 53.4 Å². The predicted octanol–water partition coefficient (Wildman–Crippen LogP) is 4.26. The van der Waals surface area contributed by atoms with E-state index in [9.17, 15) is 13.2 Å². The van der Waals surface area contributed by atoms with Gasteiger partial charge in [0.05, 0.1) is 16.1 Å². The van der Waals surface area contributed by atoms with Gasteiger partial charge < -0.3 is 15.8 Å². The van der Waals surface area contributed by atoms with Crippen molar-refractivity contribution in [1.29, 1.82) is 0 Å². The second-order valence-electron chi connectivity index (χ2n) is 8.13. The van der Waals surface area contributed by atoms with E-state index in [0.29, 0.717) is 22.9 Å². The molecule has 0 heterocycles. The average Bonchev–Trinajstić information content (AvgIpc) is 2.68. The molecule has 0 saturated heterocycles. The number of nitrogens with one attached hydrogen (secondary N) is 1. The molecule has 31 heavy (non-hydrogen) atoms. The van der Waals surface area contributed by atoms with E-state index in [1.165, 1.54) is 18.2 Å². The number of nitrogen functional groups attached to an aromatic ring is 1. The van der Waals surface area contributed by atoms with Crippen LogP contribution in [0.2, 0.25) is 0 Å². The Hall–Kier alpha value is -3.36. The molecule has 0 fully saturated rings. The zero-order chi connectivity index (χ0) is 22.8. The fraction of sp³-hybridized carbons (Fsp3) is 0.174. The standard InChI is InChI=1S/C23H25N3O4S/c1-23(2,3)15-11-12-18(21(13-15)30-20-10-5-4-9-19(20)24)22(27)26-16-7-6-8-17(14-16)31(25,28)29/h4-14H,24H2,1-3H3,(H,26,27)(H2,25,28,29). The van der Waals surface area contributed by atoms with Crippen LogP contribution >= 0.6 is 0 Å². The van der Waals surface area contributed by atoms with Crippen molar-refractivity contribution in [2.75, 3.05) is 11.1 Å². The summed E-state index contributed by atoms with van der Waals surface area (Å²) in [6, 6.07) is 18.1. The Bertz CT molecular complexity index is 1230. The molecule has 3 aromatic rings. The number of carbonyl (C=O) groups is 1. The maximum atomic E-state index is 13.0. The second kappa shape index (κ2) is 8.41. The minimum absolute atomic E-state index is 0.0955. The molecule has 1 amide bonds. The molecule has 0 aliphatic carbocycles. The number of para-hydroxylation sites is 2. The molecule has 0 aliphatic heterocycles. The fourth-order valence-corrected chi connectivity index (χ4v) is 3.46. The van der Waals surface area contributed by atoms with Crippen LogP contribution in [0.25, 0.3) is 0 Å². The number of ether oxygens (including phenoxy) is 1. The molecule has 162 valence electrons. The van der Waals surface area contributed by atoms with Gasteiger partial charge in [0.25, 0.3) is 5.91 Å². The number of anilines is 2. The Balaban J connectivity index is 1.99. The van der Waals surface area contributed by atoms with Crippen molar-refractivity contribution < 1.29 is 17.9 Å². The summed E-state index contributed by atoms with van der Waals surface area (Å²) >= 11 is 0. The lowest BCUT2D eigenvalue weighted by Gasteiger charge is -2.21. The molecule has 3 rings (SSSR count). The highest BCUT2D eigenvalue weighted by atomic mass is 32.2. The van der Waals surface area contributed by atoms with Crippen LogP contribution < -0.4 is 20.9 Å². The van der Waals surface area contributed by atoms with E-state index in [4.69, 9.17) is 15.6 Å². The van der Waals surface area contributed by atoms with Crippen molar-refractivity contribution in [2.24, 2.45) is 5.14 Å². The third-order valence-corrected chi connectivity index (χ3v) is 5.56. The summed E-state index contributed by atoms with van der Waals surface area (Å²) in [4.78, 5) is 12.9. The van der Waals surface area contributed by atoms with Gasteiger partial charge in [-0.2, -0.15) is 0 Å². The number of hydrogen-bond acceptors (Lipinski definition) is 5. The first-order valence-corrected chi connectivity index (χ1v) is 11.1. The van der Waals surface area contributed by atoms with Crippen LogP contribution in [0.1, 0.15) is 36.7 Å². The summed E-state index contributed by atoms with van der Waals surface area (Å²) in [6.45, 7) is 6.17. The average molecular weight is 440 g/mol. The Kier molecular flexibility index (Phi) is 6.06. The van der Waals surface area contributed by atoms with E-state index in [1.807, 2.05) is 12.1 Å². The molecule has 0 spiro atoms. The second-order valence-corrected chi connectivity index (χ2v) is 9.69. The molecule has 0 bridgehead atoms. The van der Waals surface area contributed by atoms with Gasteiger partial charge in [0.2, 0.25) is 10.0 Å². The van der Waals surface area contributed by atoms with E-state index in [-0.39, 0.29) is 15.9 Å². The minimum Gasteiger partial charge on any atom is -0.454 e. The molecule has 0 atom stereocenters. The van der Waals surface area contributed by atoms with Crippen LogP contribution in [0.5, 0.6) is 11.5 Å². The largest absolute Gasteiger partial charge is 0.454 e. The topological polar surface area (TPSA) is 125 Å². The quantitative estimate of drug-likeness (QED) is 0.512. The third kappa shape index (κ3) is 5.42. The Morgan fingerprint density at radius 2 is 1.65 bits per heavy atom. The van der Waals surface area contributed by atoms with Gasteiger partial charge in [0.15, 0.2) is 0 Å². The highest BCUT2D eigenvalue weighted by Crippen LogP contribution is 2.34. The number of sulfonamides is 1. The third-order valence-electron chi connectivity index (χ3n) is 4.65. The van der Waals surface area contributed by atoms with E-state index in [2.05, 4.69) is 26.1 Å². The number of rotatable bonds is 5. The molecule has 3 aromatic carbocycles. The van der Waals surface area contributed by atoms with Crippen molar-refractivity contribution in [3.8, 4) is 11.5 Å². The van der Waals surface area contributed by atoms with Crippen LogP contribution in [-0.2, 0) is 15.4 Å². The molecule has 0 unspecified atom stereocenters. The van der Waals surface area contributed by atoms with Crippen LogP contribution in [0.4, 0.5) is 11.4 Å². The fourth-order valence-electron chi connectivity index (χ4n) is 2.90.